The summed E-state index contributed by atoms with van der Waals surface area (Å²) in [6.45, 7) is 4.39. The van der Waals surface area contributed by atoms with Gasteiger partial charge in [0.15, 0.2) is 5.82 Å². The first-order valence-corrected chi connectivity index (χ1v) is 16.8. The van der Waals surface area contributed by atoms with Gasteiger partial charge in [-0.3, -0.25) is 0 Å². The quantitative estimate of drug-likeness (QED) is 0.192. The van der Waals surface area contributed by atoms with Crippen molar-refractivity contribution in [3.05, 3.63) is 168 Å². The molecular formula is C46H31N3O. The maximum Gasteiger partial charge on any atom is 0.160 e. The van der Waals surface area contributed by atoms with Crippen LogP contribution in [0.15, 0.2) is 152 Å². The zero-order chi connectivity index (χ0) is 33.8. The van der Waals surface area contributed by atoms with Crippen LogP contribution in [-0.4, -0.2) is 9.97 Å². The SMILES string of the molecule is CC1(C)c2cccc(C#N)c2Oc2c(-c3ccccc3-c3nc(-c4ccc(-c5ccc6ccccc6c5)cc4)nc4ccccc34)cccc21. The van der Waals surface area contributed by atoms with Gasteiger partial charge in [-0.1, -0.05) is 147 Å². The first-order chi connectivity index (χ1) is 24.5. The fourth-order valence-corrected chi connectivity index (χ4v) is 7.34. The molecule has 9 rings (SSSR count). The van der Waals surface area contributed by atoms with Gasteiger partial charge in [-0.25, -0.2) is 9.97 Å². The molecule has 1 aliphatic rings. The average Bonchev–Trinajstić information content (AvgIpc) is 3.17. The summed E-state index contributed by atoms with van der Waals surface area (Å²) in [5, 5.41) is 13.4. The van der Waals surface area contributed by atoms with Crippen LogP contribution in [0, 0.1) is 11.3 Å². The molecule has 236 valence electrons. The number of fused-ring (bicyclic) bond motifs is 4. The molecule has 0 fully saturated rings. The summed E-state index contributed by atoms with van der Waals surface area (Å²) in [5.41, 5.74) is 10.2. The predicted octanol–water partition coefficient (Wildman–Crippen LogP) is 11.8. The molecule has 1 aliphatic heterocycles. The highest BCUT2D eigenvalue weighted by Gasteiger charge is 2.37. The van der Waals surface area contributed by atoms with Crippen LogP contribution >= 0.6 is 0 Å². The van der Waals surface area contributed by atoms with Gasteiger partial charge in [0.05, 0.1) is 16.8 Å². The second kappa shape index (κ2) is 11.5. The first-order valence-electron chi connectivity index (χ1n) is 16.8. The summed E-state index contributed by atoms with van der Waals surface area (Å²) in [6, 6.07) is 54.5. The highest BCUT2D eigenvalue weighted by Crippen LogP contribution is 2.53. The normalized spacial score (nSPS) is 12.9. The highest BCUT2D eigenvalue weighted by atomic mass is 16.5. The summed E-state index contributed by atoms with van der Waals surface area (Å²) < 4.78 is 6.71. The number of benzene rings is 7. The van der Waals surface area contributed by atoms with Crippen LogP contribution in [0.3, 0.4) is 0 Å². The first kappa shape index (κ1) is 29.6. The van der Waals surface area contributed by atoms with Crippen LogP contribution in [-0.2, 0) is 5.41 Å². The molecule has 8 aromatic rings. The van der Waals surface area contributed by atoms with Crippen LogP contribution in [0.2, 0.25) is 0 Å². The van der Waals surface area contributed by atoms with Crippen LogP contribution < -0.4 is 4.74 Å². The van der Waals surface area contributed by atoms with E-state index in [2.05, 4.69) is 141 Å². The number of aromatic nitrogens is 2. The average molecular weight is 642 g/mol. The Kier molecular flexibility index (Phi) is 6.82. The van der Waals surface area contributed by atoms with Crippen molar-refractivity contribution in [3.8, 4) is 62.5 Å². The predicted molar refractivity (Wildman–Crippen MR) is 202 cm³/mol. The second-order valence-electron chi connectivity index (χ2n) is 13.3. The van der Waals surface area contributed by atoms with Gasteiger partial charge in [0.2, 0.25) is 0 Å². The maximum absolute atomic E-state index is 9.98. The Bertz CT molecular complexity index is 2670. The standard InChI is InChI=1S/C46H31N3O/c1-46(2)39-18-9-13-34(28-47)43(39)50-44-37(17-10-19-40(44)46)35-14-5-6-15-36(35)42-38-16-7-8-20-41(38)48-45(49-42)31-24-21-30(22-25-31)33-26-23-29-11-3-4-12-32(29)27-33/h3-27H,1-2H3. The molecule has 0 saturated heterocycles. The Morgan fingerprint density at radius 3 is 2.00 bits per heavy atom. The number of para-hydroxylation sites is 3. The number of hydrogen-bond acceptors (Lipinski definition) is 4. The molecule has 0 N–H and O–H groups in total. The number of nitrogens with zero attached hydrogens (tertiary/aromatic N) is 3. The van der Waals surface area contributed by atoms with Crippen LogP contribution in [0.1, 0.15) is 30.5 Å². The van der Waals surface area contributed by atoms with Crippen LogP contribution in [0.4, 0.5) is 0 Å². The van der Waals surface area contributed by atoms with E-state index in [4.69, 9.17) is 14.7 Å². The van der Waals surface area contributed by atoms with Gasteiger partial charge in [0.25, 0.3) is 0 Å². The minimum absolute atomic E-state index is 0.367. The summed E-state index contributed by atoms with van der Waals surface area (Å²) >= 11 is 0. The van der Waals surface area contributed by atoms with Gasteiger partial charge < -0.3 is 4.74 Å². The minimum Gasteiger partial charge on any atom is -0.455 e. The largest absolute Gasteiger partial charge is 0.455 e. The smallest absolute Gasteiger partial charge is 0.160 e. The van der Waals surface area contributed by atoms with Gasteiger partial charge in [0.1, 0.15) is 17.6 Å². The molecule has 0 bridgehead atoms. The molecule has 0 saturated carbocycles. The third kappa shape index (κ3) is 4.75. The molecule has 0 atom stereocenters. The van der Waals surface area contributed by atoms with Crippen molar-refractivity contribution in [1.29, 1.82) is 5.26 Å². The Balaban J connectivity index is 1.18. The molecule has 0 unspecified atom stereocenters. The lowest BCUT2D eigenvalue weighted by Crippen LogP contribution is -2.25. The second-order valence-corrected chi connectivity index (χ2v) is 13.3. The third-order valence-corrected chi connectivity index (χ3v) is 10.0. The topological polar surface area (TPSA) is 58.8 Å². The fraction of sp³-hybridized carbons (Fsp3) is 0.0652. The zero-order valence-corrected chi connectivity index (χ0v) is 27.7. The van der Waals surface area contributed by atoms with Gasteiger partial charge in [-0.05, 0) is 45.7 Å². The van der Waals surface area contributed by atoms with Crippen molar-refractivity contribution in [3.63, 3.8) is 0 Å². The van der Waals surface area contributed by atoms with E-state index in [0.717, 1.165) is 61.3 Å². The van der Waals surface area contributed by atoms with Crippen molar-refractivity contribution < 1.29 is 4.74 Å². The fourth-order valence-electron chi connectivity index (χ4n) is 7.34. The summed E-state index contributed by atoms with van der Waals surface area (Å²) in [6.07, 6.45) is 0. The highest BCUT2D eigenvalue weighted by molar-refractivity contribution is 5.99. The molecule has 0 amide bonds. The zero-order valence-electron chi connectivity index (χ0n) is 27.7. The van der Waals surface area contributed by atoms with Gasteiger partial charge in [-0.15, -0.1) is 0 Å². The molecule has 2 heterocycles. The Morgan fingerprint density at radius 2 is 1.18 bits per heavy atom. The minimum atomic E-state index is -0.367. The van der Waals surface area contributed by atoms with Gasteiger partial charge in [0, 0.05) is 38.6 Å². The van der Waals surface area contributed by atoms with Crippen molar-refractivity contribution >= 4 is 21.7 Å². The van der Waals surface area contributed by atoms with Gasteiger partial charge in [-0.2, -0.15) is 5.26 Å². The van der Waals surface area contributed by atoms with Gasteiger partial charge >= 0.3 is 0 Å². The third-order valence-electron chi connectivity index (χ3n) is 10.0. The molecule has 7 aromatic carbocycles. The molecule has 0 spiro atoms. The Hall–Kier alpha value is -6.57. The lowest BCUT2D eigenvalue weighted by atomic mass is 9.74. The summed E-state index contributed by atoms with van der Waals surface area (Å²) in [4.78, 5) is 10.3. The van der Waals surface area contributed by atoms with E-state index in [1.165, 1.54) is 16.3 Å². The monoisotopic (exact) mass is 641 g/mol. The molecule has 1 aromatic heterocycles. The summed E-state index contributed by atoms with van der Waals surface area (Å²) in [7, 11) is 0. The van der Waals surface area contributed by atoms with Crippen LogP contribution in [0.25, 0.3) is 66.6 Å². The molecule has 50 heavy (non-hydrogen) atoms. The van der Waals surface area contributed by atoms with E-state index in [9.17, 15) is 5.26 Å². The number of ether oxygens (including phenoxy) is 1. The number of hydrogen-bond donors (Lipinski definition) is 0. The summed E-state index contributed by atoms with van der Waals surface area (Å²) in [5.74, 6) is 2.06. The van der Waals surface area contributed by atoms with E-state index in [-0.39, 0.29) is 5.41 Å². The van der Waals surface area contributed by atoms with Crippen molar-refractivity contribution in [2.75, 3.05) is 0 Å². The Labute approximate surface area is 290 Å². The van der Waals surface area contributed by atoms with Crippen molar-refractivity contribution in [1.82, 2.24) is 9.97 Å². The molecular weight excluding hydrogens is 611 g/mol. The molecule has 0 aliphatic carbocycles. The van der Waals surface area contributed by atoms with E-state index in [1.54, 1.807) is 0 Å². The molecule has 4 heteroatoms. The maximum atomic E-state index is 9.98. The lowest BCUT2D eigenvalue weighted by Gasteiger charge is -2.36. The van der Waals surface area contributed by atoms with Crippen molar-refractivity contribution in [2.45, 2.75) is 19.3 Å². The number of nitriles is 1. The van der Waals surface area contributed by atoms with E-state index >= 15 is 0 Å². The Morgan fingerprint density at radius 1 is 0.540 bits per heavy atom. The van der Waals surface area contributed by atoms with Crippen molar-refractivity contribution in [2.24, 2.45) is 0 Å². The van der Waals surface area contributed by atoms with E-state index < -0.39 is 0 Å². The lowest BCUT2D eigenvalue weighted by molar-refractivity contribution is 0.418. The van der Waals surface area contributed by atoms with Crippen LogP contribution in [0.5, 0.6) is 11.5 Å². The molecule has 0 radical (unpaired) electrons. The number of rotatable bonds is 4. The van der Waals surface area contributed by atoms with E-state index in [1.807, 2.05) is 30.3 Å². The molecule has 4 nitrogen and oxygen atoms in total. The van der Waals surface area contributed by atoms with E-state index in [0.29, 0.717) is 17.1 Å².